The lowest BCUT2D eigenvalue weighted by molar-refractivity contribution is -0.0371. The zero-order chi connectivity index (χ0) is 7.56. The fourth-order valence-electron chi connectivity index (χ4n) is 0.990. The highest BCUT2D eigenvalue weighted by Crippen LogP contribution is 2.10. The Labute approximate surface area is 59.6 Å². The Morgan fingerprint density at radius 3 is 2.20 bits per heavy atom. The van der Waals surface area contributed by atoms with Crippen LogP contribution in [-0.2, 0) is 0 Å². The summed E-state index contributed by atoms with van der Waals surface area (Å²) in [5.74, 6) is 0. The molecule has 1 rings (SSSR count). The average molecular weight is 144 g/mol. The number of nitrogens with zero attached hydrogens (tertiary/aromatic N) is 1. The Hall–Kier alpha value is -0.420. The van der Waals surface area contributed by atoms with Crippen LogP contribution in [0, 0.1) is 0 Å². The lowest BCUT2D eigenvalue weighted by Crippen LogP contribution is -2.40. The van der Waals surface area contributed by atoms with Gasteiger partial charge in [0.2, 0.25) is 0 Å². The SMILES string of the molecule is NCCN1C(O)C=CC1O. The van der Waals surface area contributed by atoms with E-state index >= 15 is 0 Å². The maximum absolute atomic E-state index is 9.11. The Kier molecular flexibility index (Phi) is 2.39. The number of aliphatic hydroxyl groups is 2. The van der Waals surface area contributed by atoms with Gasteiger partial charge in [-0.2, -0.15) is 0 Å². The largest absolute Gasteiger partial charge is 0.375 e. The molecule has 0 saturated carbocycles. The van der Waals surface area contributed by atoms with Crippen LogP contribution in [-0.4, -0.2) is 40.7 Å². The van der Waals surface area contributed by atoms with Crippen molar-refractivity contribution in [2.45, 2.75) is 12.5 Å². The molecule has 0 aromatic carbocycles. The first-order valence-electron chi connectivity index (χ1n) is 3.26. The summed E-state index contributed by atoms with van der Waals surface area (Å²) < 4.78 is 0. The molecule has 4 nitrogen and oxygen atoms in total. The predicted molar refractivity (Wildman–Crippen MR) is 36.9 cm³/mol. The van der Waals surface area contributed by atoms with Crippen molar-refractivity contribution in [1.29, 1.82) is 0 Å². The van der Waals surface area contributed by atoms with E-state index in [0.29, 0.717) is 13.1 Å². The van der Waals surface area contributed by atoms with E-state index in [2.05, 4.69) is 0 Å². The van der Waals surface area contributed by atoms with Crippen molar-refractivity contribution in [1.82, 2.24) is 4.90 Å². The molecule has 10 heavy (non-hydrogen) atoms. The molecule has 0 fully saturated rings. The van der Waals surface area contributed by atoms with Gasteiger partial charge in [0.05, 0.1) is 0 Å². The van der Waals surface area contributed by atoms with Gasteiger partial charge in [-0.05, 0) is 12.2 Å². The molecular formula is C6H12N2O2. The van der Waals surface area contributed by atoms with Crippen LogP contribution in [0.25, 0.3) is 0 Å². The van der Waals surface area contributed by atoms with Crippen LogP contribution in [0.2, 0.25) is 0 Å². The van der Waals surface area contributed by atoms with Gasteiger partial charge >= 0.3 is 0 Å². The molecule has 4 N–H and O–H groups in total. The van der Waals surface area contributed by atoms with Crippen molar-refractivity contribution in [3.05, 3.63) is 12.2 Å². The van der Waals surface area contributed by atoms with E-state index in [1.807, 2.05) is 0 Å². The Balaban J connectivity index is 2.43. The topological polar surface area (TPSA) is 69.7 Å². The minimum atomic E-state index is -0.668. The quantitative estimate of drug-likeness (QED) is 0.410. The molecule has 0 saturated heterocycles. The zero-order valence-electron chi connectivity index (χ0n) is 5.64. The maximum Gasteiger partial charge on any atom is 0.129 e. The zero-order valence-corrected chi connectivity index (χ0v) is 5.64. The standard InChI is InChI=1S/C6H12N2O2/c7-3-4-8-5(9)1-2-6(8)10/h1-2,5-6,9-10H,3-4,7H2. The lowest BCUT2D eigenvalue weighted by atomic mass is 10.5. The number of hydrogen-bond donors (Lipinski definition) is 3. The Morgan fingerprint density at radius 2 is 1.80 bits per heavy atom. The molecule has 1 aliphatic rings. The summed E-state index contributed by atoms with van der Waals surface area (Å²) in [6.07, 6.45) is 1.75. The molecular weight excluding hydrogens is 132 g/mol. The summed E-state index contributed by atoms with van der Waals surface area (Å²) in [6.45, 7) is 0.950. The minimum absolute atomic E-state index is 0.440. The lowest BCUT2D eigenvalue weighted by Gasteiger charge is -2.22. The molecule has 2 atom stereocenters. The molecule has 0 aromatic rings. The van der Waals surface area contributed by atoms with Gasteiger partial charge in [-0.1, -0.05) is 0 Å². The van der Waals surface area contributed by atoms with Gasteiger partial charge in [0, 0.05) is 13.1 Å². The molecule has 58 valence electrons. The van der Waals surface area contributed by atoms with Crippen LogP contribution in [0.4, 0.5) is 0 Å². The Morgan fingerprint density at radius 1 is 1.30 bits per heavy atom. The fourth-order valence-corrected chi connectivity index (χ4v) is 0.990. The second kappa shape index (κ2) is 3.12. The van der Waals surface area contributed by atoms with E-state index in [1.54, 1.807) is 12.2 Å². The monoisotopic (exact) mass is 144 g/mol. The predicted octanol–water partition coefficient (Wildman–Crippen LogP) is -1.55. The van der Waals surface area contributed by atoms with E-state index < -0.39 is 12.5 Å². The molecule has 0 radical (unpaired) electrons. The third-order valence-electron chi connectivity index (χ3n) is 1.52. The number of hydrogen-bond acceptors (Lipinski definition) is 4. The van der Waals surface area contributed by atoms with E-state index in [1.165, 1.54) is 4.90 Å². The number of rotatable bonds is 2. The van der Waals surface area contributed by atoms with Gasteiger partial charge < -0.3 is 15.9 Å². The van der Waals surface area contributed by atoms with Gasteiger partial charge in [-0.15, -0.1) is 0 Å². The van der Waals surface area contributed by atoms with Gasteiger partial charge in [-0.25, -0.2) is 4.90 Å². The van der Waals surface area contributed by atoms with Gasteiger partial charge in [0.15, 0.2) is 0 Å². The van der Waals surface area contributed by atoms with Crippen LogP contribution in [0.15, 0.2) is 12.2 Å². The number of nitrogens with two attached hydrogens (primary N) is 1. The first kappa shape index (κ1) is 7.68. The van der Waals surface area contributed by atoms with Crippen molar-refractivity contribution in [2.75, 3.05) is 13.1 Å². The molecule has 0 spiro atoms. The van der Waals surface area contributed by atoms with Crippen LogP contribution in [0.5, 0.6) is 0 Å². The highest BCUT2D eigenvalue weighted by molar-refractivity contribution is 5.01. The summed E-state index contributed by atoms with van der Waals surface area (Å²) in [5.41, 5.74) is 5.24. The summed E-state index contributed by atoms with van der Waals surface area (Å²) >= 11 is 0. The van der Waals surface area contributed by atoms with Crippen molar-refractivity contribution < 1.29 is 10.2 Å². The van der Waals surface area contributed by atoms with Crippen LogP contribution in [0.3, 0.4) is 0 Å². The molecule has 2 unspecified atom stereocenters. The third kappa shape index (κ3) is 1.35. The normalized spacial score (nSPS) is 33.5. The molecule has 0 amide bonds. The smallest absolute Gasteiger partial charge is 0.129 e. The van der Waals surface area contributed by atoms with Gasteiger partial charge in [0.25, 0.3) is 0 Å². The summed E-state index contributed by atoms with van der Waals surface area (Å²) in [6, 6.07) is 0. The van der Waals surface area contributed by atoms with Crippen molar-refractivity contribution in [3.8, 4) is 0 Å². The minimum Gasteiger partial charge on any atom is -0.375 e. The van der Waals surface area contributed by atoms with E-state index in [4.69, 9.17) is 15.9 Å². The average Bonchev–Trinajstić information content (AvgIpc) is 2.20. The first-order valence-corrected chi connectivity index (χ1v) is 3.26. The van der Waals surface area contributed by atoms with E-state index in [-0.39, 0.29) is 0 Å². The van der Waals surface area contributed by atoms with E-state index in [9.17, 15) is 0 Å². The second-order valence-electron chi connectivity index (χ2n) is 2.24. The van der Waals surface area contributed by atoms with E-state index in [0.717, 1.165) is 0 Å². The summed E-state index contributed by atoms with van der Waals surface area (Å²) in [7, 11) is 0. The molecule has 0 aliphatic carbocycles. The Bertz CT molecular complexity index is 126. The van der Waals surface area contributed by atoms with Crippen molar-refractivity contribution >= 4 is 0 Å². The molecule has 4 heteroatoms. The highest BCUT2D eigenvalue weighted by atomic mass is 16.3. The summed E-state index contributed by atoms with van der Waals surface area (Å²) in [4.78, 5) is 1.50. The van der Waals surface area contributed by atoms with Crippen LogP contribution < -0.4 is 5.73 Å². The van der Waals surface area contributed by atoms with Crippen molar-refractivity contribution in [2.24, 2.45) is 5.73 Å². The highest BCUT2D eigenvalue weighted by Gasteiger charge is 2.23. The summed E-state index contributed by atoms with van der Waals surface area (Å²) in [5, 5.41) is 18.2. The van der Waals surface area contributed by atoms with Crippen LogP contribution in [0.1, 0.15) is 0 Å². The molecule has 1 aliphatic heterocycles. The van der Waals surface area contributed by atoms with Crippen molar-refractivity contribution in [3.63, 3.8) is 0 Å². The third-order valence-corrected chi connectivity index (χ3v) is 1.52. The van der Waals surface area contributed by atoms with Gasteiger partial charge in [-0.3, -0.25) is 0 Å². The second-order valence-corrected chi connectivity index (χ2v) is 2.24. The fraction of sp³-hybridized carbons (Fsp3) is 0.667. The van der Waals surface area contributed by atoms with Gasteiger partial charge in [0.1, 0.15) is 12.5 Å². The molecule has 0 bridgehead atoms. The molecule has 0 aromatic heterocycles. The number of aliphatic hydroxyl groups excluding tert-OH is 2. The van der Waals surface area contributed by atoms with Crippen LogP contribution >= 0.6 is 0 Å². The maximum atomic E-state index is 9.11. The molecule has 1 heterocycles. The first-order chi connectivity index (χ1) is 4.75.